The minimum absolute atomic E-state index is 0.224. The third kappa shape index (κ3) is 2.74. The number of hydrogen-bond donors (Lipinski definition) is 2. The number of rotatable bonds is 4. The van der Waals surface area contributed by atoms with Crippen molar-refractivity contribution in [3.63, 3.8) is 0 Å². The molecule has 24 heavy (non-hydrogen) atoms. The van der Waals surface area contributed by atoms with Gasteiger partial charge in [-0.3, -0.25) is 9.59 Å². The van der Waals surface area contributed by atoms with Crippen LogP contribution in [0.1, 0.15) is 27.2 Å². The van der Waals surface area contributed by atoms with Gasteiger partial charge in [0.25, 0.3) is 11.5 Å². The predicted molar refractivity (Wildman–Crippen MR) is 91.4 cm³/mol. The molecule has 0 atom stereocenters. The molecule has 0 radical (unpaired) electrons. The van der Waals surface area contributed by atoms with Crippen molar-refractivity contribution in [3.05, 3.63) is 69.1 Å². The smallest absolute Gasteiger partial charge is 0.272 e. The Bertz CT molecular complexity index is 992. The minimum atomic E-state index is -0.545. The quantitative estimate of drug-likeness (QED) is 0.766. The van der Waals surface area contributed by atoms with Crippen LogP contribution in [0, 0.1) is 6.92 Å². The number of methoxy groups -OCH3 is 1. The maximum absolute atomic E-state index is 11.9. The zero-order valence-electron chi connectivity index (χ0n) is 13.4. The number of amides is 1. The number of benzene rings is 2. The fourth-order valence-electron chi connectivity index (χ4n) is 2.90. The third-order valence-electron chi connectivity index (χ3n) is 3.95. The topological polar surface area (TPSA) is 98.1 Å². The van der Waals surface area contributed by atoms with Crippen LogP contribution in [0.25, 0.3) is 10.8 Å². The summed E-state index contributed by atoms with van der Waals surface area (Å²) < 4.78 is 5.26. The standard InChI is InChI=1S/C18H17N3O3/c1-10-7-11(8-14(17(19)22)16(10)24-2)9-15-12-5-3-4-6-13(12)18(23)21-20-15/h3-8H,9H2,1-2H3,(H2,19,22)(H,21,23). The molecule has 1 aromatic heterocycles. The number of aromatic nitrogens is 2. The van der Waals surface area contributed by atoms with Crippen molar-refractivity contribution in [2.45, 2.75) is 13.3 Å². The number of fused-ring (bicyclic) bond motifs is 1. The maximum Gasteiger partial charge on any atom is 0.272 e. The van der Waals surface area contributed by atoms with Crippen LogP contribution in [-0.4, -0.2) is 23.2 Å². The SMILES string of the molecule is COc1c(C)cc(Cc2n[nH]c(=O)c3ccccc23)cc1C(N)=O. The molecule has 6 heteroatoms. The van der Waals surface area contributed by atoms with E-state index in [0.29, 0.717) is 23.1 Å². The van der Waals surface area contributed by atoms with Crippen molar-refractivity contribution in [1.29, 1.82) is 0 Å². The minimum Gasteiger partial charge on any atom is -0.496 e. The molecule has 0 saturated carbocycles. The molecule has 0 saturated heterocycles. The van der Waals surface area contributed by atoms with Crippen molar-refractivity contribution in [2.24, 2.45) is 5.73 Å². The van der Waals surface area contributed by atoms with Crippen molar-refractivity contribution >= 4 is 16.7 Å². The molecule has 2 aromatic carbocycles. The molecule has 6 nitrogen and oxygen atoms in total. The first-order valence-corrected chi connectivity index (χ1v) is 7.45. The Morgan fingerprint density at radius 1 is 1.25 bits per heavy atom. The Morgan fingerprint density at radius 3 is 2.62 bits per heavy atom. The van der Waals surface area contributed by atoms with Crippen LogP contribution in [0.5, 0.6) is 5.75 Å². The van der Waals surface area contributed by atoms with E-state index in [4.69, 9.17) is 10.5 Å². The fourth-order valence-corrected chi connectivity index (χ4v) is 2.90. The second kappa shape index (κ2) is 6.16. The van der Waals surface area contributed by atoms with E-state index in [-0.39, 0.29) is 5.56 Å². The molecular weight excluding hydrogens is 306 g/mol. The fraction of sp³-hybridized carbons (Fsp3) is 0.167. The van der Waals surface area contributed by atoms with E-state index in [9.17, 15) is 9.59 Å². The lowest BCUT2D eigenvalue weighted by molar-refractivity contribution is 0.0997. The summed E-state index contributed by atoms with van der Waals surface area (Å²) in [6.45, 7) is 1.85. The van der Waals surface area contributed by atoms with Crippen molar-refractivity contribution in [2.75, 3.05) is 7.11 Å². The monoisotopic (exact) mass is 323 g/mol. The van der Waals surface area contributed by atoms with Crippen molar-refractivity contribution in [3.8, 4) is 5.75 Å². The van der Waals surface area contributed by atoms with E-state index in [1.807, 2.05) is 31.2 Å². The highest BCUT2D eigenvalue weighted by Gasteiger charge is 2.15. The normalized spacial score (nSPS) is 10.8. The lowest BCUT2D eigenvalue weighted by Gasteiger charge is -2.12. The van der Waals surface area contributed by atoms with E-state index in [1.54, 1.807) is 12.1 Å². The highest BCUT2D eigenvalue weighted by Crippen LogP contribution is 2.26. The number of aromatic amines is 1. The Balaban J connectivity index is 2.11. The average Bonchev–Trinajstić information content (AvgIpc) is 2.57. The number of H-pyrrole nitrogens is 1. The van der Waals surface area contributed by atoms with E-state index < -0.39 is 5.91 Å². The van der Waals surface area contributed by atoms with Crippen molar-refractivity contribution in [1.82, 2.24) is 10.2 Å². The summed E-state index contributed by atoms with van der Waals surface area (Å²) in [6.07, 6.45) is 0.461. The second-order valence-electron chi connectivity index (χ2n) is 5.58. The molecule has 0 aliphatic carbocycles. The summed E-state index contributed by atoms with van der Waals surface area (Å²) in [7, 11) is 1.51. The number of hydrogen-bond acceptors (Lipinski definition) is 4. The molecule has 3 N–H and O–H groups in total. The van der Waals surface area contributed by atoms with Crippen LogP contribution in [0.4, 0.5) is 0 Å². The van der Waals surface area contributed by atoms with Gasteiger partial charge in [-0.05, 0) is 30.2 Å². The van der Waals surface area contributed by atoms with Gasteiger partial charge >= 0.3 is 0 Å². The summed E-state index contributed by atoms with van der Waals surface area (Å²) in [5, 5.41) is 8.05. The van der Waals surface area contributed by atoms with Crippen LogP contribution in [0.3, 0.4) is 0 Å². The van der Waals surface area contributed by atoms with Gasteiger partial charge in [-0.15, -0.1) is 0 Å². The molecule has 0 unspecified atom stereocenters. The maximum atomic E-state index is 11.9. The zero-order valence-corrected chi connectivity index (χ0v) is 13.4. The van der Waals surface area contributed by atoms with E-state index >= 15 is 0 Å². The summed E-state index contributed by atoms with van der Waals surface area (Å²) in [6, 6.07) is 10.9. The number of ether oxygens (including phenoxy) is 1. The number of nitrogens with one attached hydrogen (secondary N) is 1. The number of carbonyl (C=O) groups is 1. The highest BCUT2D eigenvalue weighted by atomic mass is 16.5. The number of carbonyl (C=O) groups excluding carboxylic acids is 1. The van der Waals surface area contributed by atoms with Crippen LogP contribution in [0.15, 0.2) is 41.2 Å². The molecule has 0 aliphatic heterocycles. The summed E-state index contributed by atoms with van der Waals surface area (Å²) in [5.41, 5.74) is 7.97. The Morgan fingerprint density at radius 2 is 1.96 bits per heavy atom. The van der Waals surface area contributed by atoms with E-state index in [2.05, 4.69) is 10.2 Å². The highest BCUT2D eigenvalue weighted by molar-refractivity contribution is 5.96. The van der Waals surface area contributed by atoms with Gasteiger partial charge in [-0.2, -0.15) is 5.10 Å². The van der Waals surface area contributed by atoms with Gasteiger partial charge in [0, 0.05) is 11.8 Å². The number of nitrogens with zero attached hydrogens (tertiary/aromatic N) is 1. The molecular formula is C18H17N3O3. The Labute approximate surface area is 138 Å². The number of primary amides is 1. The van der Waals surface area contributed by atoms with Gasteiger partial charge in [0.2, 0.25) is 0 Å². The van der Waals surface area contributed by atoms with Gasteiger partial charge in [-0.1, -0.05) is 24.3 Å². The van der Waals surface area contributed by atoms with Crippen LogP contribution >= 0.6 is 0 Å². The van der Waals surface area contributed by atoms with Crippen molar-refractivity contribution < 1.29 is 9.53 Å². The molecule has 1 amide bonds. The van der Waals surface area contributed by atoms with Crippen LogP contribution in [-0.2, 0) is 6.42 Å². The molecule has 1 heterocycles. The lowest BCUT2D eigenvalue weighted by Crippen LogP contribution is -2.14. The first-order valence-electron chi connectivity index (χ1n) is 7.45. The largest absolute Gasteiger partial charge is 0.496 e. The molecule has 122 valence electrons. The van der Waals surface area contributed by atoms with Crippen LogP contribution in [0.2, 0.25) is 0 Å². The van der Waals surface area contributed by atoms with E-state index in [1.165, 1.54) is 7.11 Å². The Kier molecular flexibility index (Phi) is 4.04. The van der Waals surface area contributed by atoms with Gasteiger partial charge in [0.1, 0.15) is 5.75 Å². The first-order chi connectivity index (χ1) is 11.5. The molecule has 3 aromatic rings. The van der Waals surface area contributed by atoms with Gasteiger partial charge in [0.15, 0.2) is 0 Å². The number of aryl methyl sites for hydroxylation is 1. The van der Waals surface area contributed by atoms with Gasteiger partial charge < -0.3 is 10.5 Å². The van der Waals surface area contributed by atoms with Crippen LogP contribution < -0.4 is 16.0 Å². The van der Waals surface area contributed by atoms with Gasteiger partial charge in [0.05, 0.1) is 23.8 Å². The molecule has 0 bridgehead atoms. The third-order valence-corrected chi connectivity index (χ3v) is 3.95. The molecule has 3 rings (SSSR count). The Hall–Kier alpha value is -3.15. The predicted octanol–water partition coefficient (Wildman–Crippen LogP) is 1.93. The second-order valence-corrected chi connectivity index (χ2v) is 5.58. The summed E-state index contributed by atoms with van der Waals surface area (Å²) in [5.74, 6) is -0.0679. The zero-order chi connectivity index (χ0) is 17.3. The van der Waals surface area contributed by atoms with Gasteiger partial charge in [-0.25, -0.2) is 5.10 Å². The summed E-state index contributed by atoms with van der Waals surface area (Å²) in [4.78, 5) is 23.5. The summed E-state index contributed by atoms with van der Waals surface area (Å²) >= 11 is 0. The molecule has 0 fully saturated rings. The lowest BCUT2D eigenvalue weighted by atomic mass is 9.99. The molecule has 0 spiro atoms. The first kappa shape index (κ1) is 15.7. The number of nitrogens with two attached hydrogens (primary N) is 1. The van der Waals surface area contributed by atoms with E-state index in [0.717, 1.165) is 22.2 Å². The average molecular weight is 323 g/mol. The molecule has 0 aliphatic rings.